The second-order valence-corrected chi connectivity index (χ2v) is 3.87. The predicted octanol–water partition coefficient (Wildman–Crippen LogP) is 0.0906. The van der Waals surface area contributed by atoms with Gasteiger partial charge in [-0.3, -0.25) is 4.98 Å². The zero-order valence-corrected chi connectivity index (χ0v) is 9.20. The van der Waals surface area contributed by atoms with Gasteiger partial charge in [0.1, 0.15) is 0 Å². The summed E-state index contributed by atoms with van der Waals surface area (Å²) in [4.78, 5) is 4.03. The standard InChI is InChI=1S/C9H14N6O/c1-6(3-7(2)16)11-8-4-10-5-9-12-13-14-15(8)9/h4-7,11,16H,3H2,1-2H3. The second kappa shape index (κ2) is 4.40. The molecule has 2 heterocycles. The fourth-order valence-corrected chi connectivity index (χ4v) is 1.60. The fourth-order valence-electron chi connectivity index (χ4n) is 1.60. The summed E-state index contributed by atoms with van der Waals surface area (Å²) in [6, 6.07) is 0.122. The van der Waals surface area contributed by atoms with E-state index in [0.29, 0.717) is 12.1 Å². The number of anilines is 1. The van der Waals surface area contributed by atoms with Crippen molar-refractivity contribution in [2.45, 2.75) is 32.4 Å². The first-order valence-corrected chi connectivity index (χ1v) is 5.13. The van der Waals surface area contributed by atoms with Gasteiger partial charge in [0, 0.05) is 6.04 Å². The number of fused-ring (bicyclic) bond motifs is 1. The molecule has 7 heteroatoms. The lowest BCUT2D eigenvalue weighted by molar-refractivity contribution is 0.179. The van der Waals surface area contributed by atoms with Gasteiger partial charge >= 0.3 is 0 Å². The Bertz CT molecular complexity index is 468. The van der Waals surface area contributed by atoms with Gasteiger partial charge in [0.25, 0.3) is 0 Å². The predicted molar refractivity (Wildman–Crippen MR) is 58.0 cm³/mol. The molecule has 0 saturated carbocycles. The van der Waals surface area contributed by atoms with Crippen molar-refractivity contribution in [2.75, 3.05) is 5.32 Å². The lowest BCUT2D eigenvalue weighted by Gasteiger charge is -2.16. The van der Waals surface area contributed by atoms with Crippen LogP contribution in [0.15, 0.2) is 12.4 Å². The van der Waals surface area contributed by atoms with E-state index in [1.807, 2.05) is 6.92 Å². The van der Waals surface area contributed by atoms with Crippen LogP contribution >= 0.6 is 0 Å². The van der Waals surface area contributed by atoms with Crippen LogP contribution in [0.25, 0.3) is 5.65 Å². The van der Waals surface area contributed by atoms with Gasteiger partial charge in [0.2, 0.25) is 0 Å². The summed E-state index contributed by atoms with van der Waals surface area (Å²) in [5.41, 5.74) is 0.592. The Labute approximate surface area is 92.5 Å². The van der Waals surface area contributed by atoms with Crippen molar-refractivity contribution in [3.8, 4) is 0 Å². The molecule has 0 spiro atoms. The highest BCUT2D eigenvalue weighted by atomic mass is 16.3. The summed E-state index contributed by atoms with van der Waals surface area (Å²) in [6.45, 7) is 3.74. The van der Waals surface area contributed by atoms with Crippen molar-refractivity contribution in [2.24, 2.45) is 0 Å². The summed E-state index contributed by atoms with van der Waals surface area (Å²) in [7, 11) is 0. The van der Waals surface area contributed by atoms with Crippen molar-refractivity contribution in [3.63, 3.8) is 0 Å². The van der Waals surface area contributed by atoms with Crippen LogP contribution in [0.1, 0.15) is 20.3 Å². The molecule has 2 rings (SSSR count). The molecule has 0 aromatic carbocycles. The molecule has 2 aromatic heterocycles. The molecule has 0 aliphatic heterocycles. The van der Waals surface area contributed by atoms with E-state index in [4.69, 9.17) is 0 Å². The summed E-state index contributed by atoms with van der Waals surface area (Å²) in [5.74, 6) is 0.718. The number of aliphatic hydroxyl groups excluding tert-OH is 1. The molecule has 2 unspecified atom stereocenters. The summed E-state index contributed by atoms with van der Waals surface area (Å²) in [5, 5.41) is 23.7. The highest BCUT2D eigenvalue weighted by Crippen LogP contribution is 2.09. The minimum Gasteiger partial charge on any atom is -0.393 e. The molecular weight excluding hydrogens is 208 g/mol. The van der Waals surface area contributed by atoms with Gasteiger partial charge < -0.3 is 10.4 Å². The van der Waals surface area contributed by atoms with Crippen LogP contribution in [0.5, 0.6) is 0 Å². The average Bonchev–Trinajstić information content (AvgIpc) is 2.65. The highest BCUT2D eigenvalue weighted by Gasteiger charge is 2.09. The lowest BCUT2D eigenvalue weighted by Crippen LogP contribution is -2.22. The van der Waals surface area contributed by atoms with Crippen molar-refractivity contribution in [1.82, 2.24) is 25.0 Å². The first-order chi connectivity index (χ1) is 7.66. The number of rotatable bonds is 4. The Kier molecular flexibility index (Phi) is 2.95. The van der Waals surface area contributed by atoms with Crippen LogP contribution in [0.2, 0.25) is 0 Å². The van der Waals surface area contributed by atoms with Crippen molar-refractivity contribution >= 4 is 11.5 Å². The van der Waals surface area contributed by atoms with E-state index >= 15 is 0 Å². The number of nitrogens with zero attached hydrogens (tertiary/aromatic N) is 5. The molecule has 0 aliphatic rings. The van der Waals surface area contributed by atoms with E-state index in [0.717, 1.165) is 5.82 Å². The van der Waals surface area contributed by atoms with E-state index in [1.54, 1.807) is 23.8 Å². The maximum atomic E-state index is 9.27. The Morgan fingerprint density at radius 1 is 1.44 bits per heavy atom. The van der Waals surface area contributed by atoms with Crippen LogP contribution in [0, 0.1) is 0 Å². The number of hydrogen-bond acceptors (Lipinski definition) is 6. The molecule has 0 bridgehead atoms. The van der Waals surface area contributed by atoms with E-state index in [-0.39, 0.29) is 12.1 Å². The normalized spacial score (nSPS) is 14.9. The van der Waals surface area contributed by atoms with E-state index in [9.17, 15) is 5.11 Å². The first kappa shape index (κ1) is 10.7. The SMILES string of the molecule is CC(O)CC(C)Nc1cncc2nnnn12. The lowest BCUT2D eigenvalue weighted by atomic mass is 10.1. The van der Waals surface area contributed by atoms with E-state index in [2.05, 4.69) is 25.8 Å². The van der Waals surface area contributed by atoms with Crippen LogP contribution in [-0.2, 0) is 0 Å². The van der Waals surface area contributed by atoms with Crippen LogP contribution in [0.3, 0.4) is 0 Å². The van der Waals surface area contributed by atoms with Crippen LogP contribution in [0.4, 0.5) is 5.82 Å². The molecule has 0 saturated heterocycles. The van der Waals surface area contributed by atoms with Crippen molar-refractivity contribution in [3.05, 3.63) is 12.4 Å². The third-order valence-corrected chi connectivity index (χ3v) is 2.20. The summed E-state index contributed by atoms with van der Waals surface area (Å²) >= 11 is 0. The van der Waals surface area contributed by atoms with Gasteiger partial charge in [-0.2, -0.15) is 4.52 Å². The molecule has 0 fully saturated rings. The van der Waals surface area contributed by atoms with Crippen LogP contribution in [-0.4, -0.2) is 42.3 Å². The molecule has 0 aliphatic carbocycles. The maximum Gasteiger partial charge on any atom is 0.199 e. The third-order valence-electron chi connectivity index (χ3n) is 2.20. The molecule has 2 atom stereocenters. The van der Waals surface area contributed by atoms with Gasteiger partial charge in [0.05, 0.1) is 18.5 Å². The quantitative estimate of drug-likeness (QED) is 0.762. The summed E-state index contributed by atoms with van der Waals surface area (Å²) in [6.07, 6.45) is 3.55. The molecule has 2 aromatic rings. The molecule has 2 N–H and O–H groups in total. The van der Waals surface area contributed by atoms with Crippen molar-refractivity contribution in [1.29, 1.82) is 0 Å². The van der Waals surface area contributed by atoms with Gasteiger partial charge in [-0.15, -0.1) is 5.10 Å². The number of aromatic nitrogens is 5. The maximum absolute atomic E-state index is 9.27. The minimum absolute atomic E-state index is 0.122. The zero-order chi connectivity index (χ0) is 11.5. The largest absolute Gasteiger partial charge is 0.393 e. The van der Waals surface area contributed by atoms with E-state index in [1.165, 1.54) is 0 Å². The topological polar surface area (TPSA) is 88.2 Å². The first-order valence-electron chi connectivity index (χ1n) is 5.13. The molecular formula is C9H14N6O. The number of nitrogens with one attached hydrogen (secondary N) is 1. The van der Waals surface area contributed by atoms with Gasteiger partial charge in [-0.25, -0.2) is 0 Å². The van der Waals surface area contributed by atoms with Gasteiger partial charge in [-0.1, -0.05) is 0 Å². The third kappa shape index (κ3) is 2.25. The second-order valence-electron chi connectivity index (χ2n) is 3.87. The van der Waals surface area contributed by atoms with Crippen LogP contribution < -0.4 is 5.32 Å². The molecule has 16 heavy (non-hydrogen) atoms. The average molecular weight is 222 g/mol. The zero-order valence-electron chi connectivity index (χ0n) is 9.20. The van der Waals surface area contributed by atoms with Gasteiger partial charge in [-0.05, 0) is 30.7 Å². The summed E-state index contributed by atoms with van der Waals surface area (Å²) < 4.78 is 1.57. The van der Waals surface area contributed by atoms with E-state index < -0.39 is 0 Å². The minimum atomic E-state index is -0.344. The number of aliphatic hydroxyl groups is 1. The Hall–Kier alpha value is -1.76. The van der Waals surface area contributed by atoms with Gasteiger partial charge in [0.15, 0.2) is 11.5 Å². The van der Waals surface area contributed by atoms with Crippen molar-refractivity contribution < 1.29 is 5.11 Å². The number of tetrazole rings is 1. The molecule has 86 valence electrons. The monoisotopic (exact) mass is 222 g/mol. The Morgan fingerprint density at radius 3 is 3.00 bits per heavy atom. The fraction of sp³-hybridized carbons (Fsp3) is 0.556. The number of hydrogen-bond donors (Lipinski definition) is 2. The molecule has 0 amide bonds. The molecule has 0 radical (unpaired) electrons. The molecule has 7 nitrogen and oxygen atoms in total. The Balaban J connectivity index is 2.17. The smallest absolute Gasteiger partial charge is 0.199 e. The Morgan fingerprint density at radius 2 is 2.25 bits per heavy atom. The highest BCUT2D eigenvalue weighted by molar-refractivity contribution is 5.44.